The van der Waals surface area contributed by atoms with Crippen molar-refractivity contribution >= 4 is 17.9 Å². The van der Waals surface area contributed by atoms with Crippen LogP contribution in [0, 0.1) is 5.82 Å². The van der Waals surface area contributed by atoms with E-state index in [1.54, 1.807) is 36.4 Å². The van der Waals surface area contributed by atoms with E-state index in [9.17, 15) is 14.0 Å². The number of benzene rings is 2. The molecule has 0 aromatic heterocycles. The Bertz CT molecular complexity index is 766. The smallest absolute Gasteiger partial charge is 0.268 e. The van der Waals surface area contributed by atoms with Gasteiger partial charge in [-0.05, 0) is 48.7 Å². The summed E-state index contributed by atoms with van der Waals surface area (Å²) >= 11 is 0. The van der Waals surface area contributed by atoms with Gasteiger partial charge >= 0.3 is 0 Å². The van der Waals surface area contributed by atoms with Gasteiger partial charge < -0.3 is 10.6 Å². The molecule has 0 atom stereocenters. The van der Waals surface area contributed by atoms with Crippen LogP contribution in [0.3, 0.4) is 0 Å². The van der Waals surface area contributed by atoms with Crippen molar-refractivity contribution in [3.8, 4) is 0 Å². The number of nitrogens with one attached hydrogen (secondary N) is 2. The van der Waals surface area contributed by atoms with Gasteiger partial charge in [0.1, 0.15) is 11.5 Å². The summed E-state index contributed by atoms with van der Waals surface area (Å²) in [4.78, 5) is 24.7. The number of carbonyl (C=O) groups excluding carboxylic acids is 2. The highest BCUT2D eigenvalue weighted by Crippen LogP contribution is 2.19. The Labute approximate surface area is 139 Å². The molecule has 1 saturated carbocycles. The van der Waals surface area contributed by atoms with Crippen LogP contribution in [0.2, 0.25) is 0 Å². The minimum atomic E-state index is -0.366. The second kappa shape index (κ2) is 7.08. The van der Waals surface area contributed by atoms with Crippen molar-refractivity contribution in [1.82, 2.24) is 10.6 Å². The van der Waals surface area contributed by atoms with E-state index in [-0.39, 0.29) is 29.4 Å². The maximum Gasteiger partial charge on any atom is 0.268 e. The number of hydrogen-bond donors (Lipinski definition) is 2. The highest BCUT2D eigenvalue weighted by molar-refractivity contribution is 6.05. The molecule has 0 radical (unpaired) electrons. The third kappa shape index (κ3) is 4.29. The molecule has 1 fully saturated rings. The summed E-state index contributed by atoms with van der Waals surface area (Å²) in [6, 6.07) is 14.5. The van der Waals surface area contributed by atoms with Gasteiger partial charge in [0.15, 0.2) is 0 Å². The molecule has 0 aliphatic heterocycles. The van der Waals surface area contributed by atoms with Crippen LogP contribution in [0.4, 0.5) is 4.39 Å². The van der Waals surface area contributed by atoms with Crippen molar-refractivity contribution in [3.63, 3.8) is 0 Å². The summed E-state index contributed by atoms with van der Waals surface area (Å²) in [6.45, 7) is 0. The second-order valence-electron chi connectivity index (χ2n) is 5.68. The molecule has 2 aromatic rings. The fourth-order valence-electron chi connectivity index (χ4n) is 2.16. The van der Waals surface area contributed by atoms with E-state index in [1.165, 1.54) is 18.2 Å². The predicted octanol–water partition coefficient (Wildman–Crippen LogP) is 2.88. The zero-order chi connectivity index (χ0) is 16.9. The molecule has 0 bridgehead atoms. The lowest BCUT2D eigenvalue weighted by molar-refractivity contribution is -0.117. The van der Waals surface area contributed by atoms with E-state index in [0.717, 1.165) is 12.8 Å². The van der Waals surface area contributed by atoms with Gasteiger partial charge in [-0.2, -0.15) is 0 Å². The van der Waals surface area contributed by atoms with Crippen molar-refractivity contribution in [2.75, 3.05) is 0 Å². The molecular formula is C19H17FN2O2. The van der Waals surface area contributed by atoms with Crippen LogP contribution >= 0.6 is 0 Å². The lowest BCUT2D eigenvalue weighted by Crippen LogP contribution is -2.35. The molecule has 0 spiro atoms. The van der Waals surface area contributed by atoms with Crippen molar-refractivity contribution in [2.45, 2.75) is 18.9 Å². The standard InChI is InChI=1S/C19H17FN2O2/c20-15-8-6-13(7-9-15)12-17(19(24)21-16-10-11-16)22-18(23)14-4-2-1-3-5-14/h1-9,12,16H,10-11H2,(H,21,24)(H,22,23). The Morgan fingerprint density at radius 2 is 1.67 bits per heavy atom. The van der Waals surface area contributed by atoms with Crippen molar-refractivity contribution in [3.05, 3.63) is 77.2 Å². The number of amides is 2. The molecule has 2 aromatic carbocycles. The molecule has 0 heterocycles. The Morgan fingerprint density at radius 3 is 2.29 bits per heavy atom. The van der Waals surface area contributed by atoms with Crippen LogP contribution in [0.15, 0.2) is 60.3 Å². The average molecular weight is 324 g/mol. The molecular weight excluding hydrogens is 307 g/mol. The first-order valence-corrected chi connectivity index (χ1v) is 7.76. The van der Waals surface area contributed by atoms with E-state index >= 15 is 0 Å². The van der Waals surface area contributed by atoms with E-state index in [0.29, 0.717) is 11.1 Å². The monoisotopic (exact) mass is 324 g/mol. The lowest BCUT2D eigenvalue weighted by Gasteiger charge is -2.11. The summed E-state index contributed by atoms with van der Waals surface area (Å²) < 4.78 is 13.0. The summed E-state index contributed by atoms with van der Waals surface area (Å²) in [5.41, 5.74) is 1.23. The summed E-state index contributed by atoms with van der Waals surface area (Å²) in [5, 5.41) is 5.49. The van der Waals surface area contributed by atoms with E-state index < -0.39 is 0 Å². The molecule has 5 heteroatoms. The van der Waals surface area contributed by atoms with Crippen LogP contribution in [-0.4, -0.2) is 17.9 Å². The van der Waals surface area contributed by atoms with Gasteiger partial charge in [-0.15, -0.1) is 0 Å². The van der Waals surface area contributed by atoms with Gasteiger partial charge in [-0.25, -0.2) is 4.39 Å². The maximum atomic E-state index is 13.0. The van der Waals surface area contributed by atoms with Crippen molar-refractivity contribution in [1.29, 1.82) is 0 Å². The van der Waals surface area contributed by atoms with Gasteiger partial charge in [-0.1, -0.05) is 30.3 Å². The lowest BCUT2D eigenvalue weighted by atomic mass is 10.1. The Morgan fingerprint density at radius 1 is 1.00 bits per heavy atom. The zero-order valence-corrected chi connectivity index (χ0v) is 13.0. The molecule has 4 nitrogen and oxygen atoms in total. The normalized spacial score (nSPS) is 14.1. The van der Waals surface area contributed by atoms with E-state index in [4.69, 9.17) is 0 Å². The molecule has 2 amide bonds. The van der Waals surface area contributed by atoms with E-state index in [1.807, 2.05) is 6.07 Å². The number of hydrogen-bond acceptors (Lipinski definition) is 2. The number of carbonyl (C=O) groups is 2. The molecule has 0 saturated heterocycles. The third-order valence-electron chi connectivity index (χ3n) is 3.62. The van der Waals surface area contributed by atoms with E-state index in [2.05, 4.69) is 10.6 Å². The zero-order valence-electron chi connectivity index (χ0n) is 13.0. The first-order chi connectivity index (χ1) is 11.6. The van der Waals surface area contributed by atoms with Crippen LogP contribution in [0.25, 0.3) is 6.08 Å². The highest BCUT2D eigenvalue weighted by Gasteiger charge is 2.25. The van der Waals surface area contributed by atoms with Crippen LogP contribution < -0.4 is 10.6 Å². The van der Waals surface area contributed by atoms with Gasteiger partial charge in [-0.3, -0.25) is 9.59 Å². The first kappa shape index (κ1) is 15.9. The molecule has 3 rings (SSSR count). The predicted molar refractivity (Wildman–Crippen MR) is 89.4 cm³/mol. The van der Waals surface area contributed by atoms with Crippen LogP contribution in [0.5, 0.6) is 0 Å². The van der Waals surface area contributed by atoms with Crippen molar-refractivity contribution < 1.29 is 14.0 Å². The number of halogens is 1. The highest BCUT2D eigenvalue weighted by atomic mass is 19.1. The summed E-state index contributed by atoms with van der Waals surface area (Å²) in [6.07, 6.45) is 3.43. The quantitative estimate of drug-likeness (QED) is 0.831. The largest absolute Gasteiger partial charge is 0.348 e. The van der Waals surface area contributed by atoms with Crippen LogP contribution in [-0.2, 0) is 4.79 Å². The maximum absolute atomic E-state index is 13.0. The Kier molecular flexibility index (Phi) is 4.70. The topological polar surface area (TPSA) is 58.2 Å². The molecule has 122 valence electrons. The molecule has 24 heavy (non-hydrogen) atoms. The third-order valence-corrected chi connectivity index (χ3v) is 3.62. The number of rotatable bonds is 5. The molecule has 2 N–H and O–H groups in total. The second-order valence-corrected chi connectivity index (χ2v) is 5.68. The Balaban J connectivity index is 1.82. The fourth-order valence-corrected chi connectivity index (χ4v) is 2.16. The molecule has 1 aliphatic carbocycles. The van der Waals surface area contributed by atoms with Gasteiger partial charge in [0.2, 0.25) is 0 Å². The van der Waals surface area contributed by atoms with Gasteiger partial charge in [0.05, 0.1) is 0 Å². The van der Waals surface area contributed by atoms with Gasteiger partial charge in [0, 0.05) is 11.6 Å². The molecule has 1 aliphatic rings. The Hall–Kier alpha value is -2.95. The van der Waals surface area contributed by atoms with Gasteiger partial charge in [0.25, 0.3) is 11.8 Å². The first-order valence-electron chi connectivity index (χ1n) is 7.76. The minimum absolute atomic E-state index is 0.141. The van der Waals surface area contributed by atoms with Crippen molar-refractivity contribution in [2.24, 2.45) is 0 Å². The summed E-state index contributed by atoms with van der Waals surface area (Å²) in [5.74, 6) is -1.06. The SMILES string of the molecule is O=C(NC1CC1)C(=Cc1ccc(F)cc1)NC(=O)c1ccccc1. The molecule has 0 unspecified atom stereocenters. The average Bonchev–Trinajstić information content (AvgIpc) is 3.41. The van der Waals surface area contributed by atoms with Crippen LogP contribution in [0.1, 0.15) is 28.8 Å². The summed E-state index contributed by atoms with van der Waals surface area (Å²) in [7, 11) is 0. The fraction of sp³-hybridized carbons (Fsp3) is 0.158. The minimum Gasteiger partial charge on any atom is -0.348 e.